The van der Waals surface area contributed by atoms with Crippen LogP contribution in [0.2, 0.25) is 10.0 Å². The molecule has 0 radical (unpaired) electrons. The van der Waals surface area contributed by atoms with E-state index in [9.17, 15) is 4.79 Å². The second kappa shape index (κ2) is 7.52. The van der Waals surface area contributed by atoms with E-state index < -0.39 is 0 Å². The molecule has 0 bridgehead atoms. The minimum absolute atomic E-state index is 0.575. The molecule has 3 aromatic carbocycles. The molecule has 0 spiro atoms. The van der Waals surface area contributed by atoms with Crippen molar-refractivity contribution in [3.63, 3.8) is 0 Å². The summed E-state index contributed by atoms with van der Waals surface area (Å²) in [6.07, 6.45) is 1.42. The third-order valence-electron chi connectivity index (χ3n) is 3.59. The third kappa shape index (κ3) is 3.97. The molecule has 0 aliphatic carbocycles. The Hall–Kier alpha value is -2.29. The number of carbonyl (C=O) groups is 1. The van der Waals surface area contributed by atoms with E-state index in [-0.39, 0.29) is 0 Å². The highest BCUT2D eigenvalue weighted by atomic mass is 35.5. The van der Waals surface area contributed by atoms with Crippen molar-refractivity contribution in [3.05, 3.63) is 93.5 Å². The molecule has 0 unspecified atom stereocenters. The Kier molecular flexibility index (Phi) is 5.19. The van der Waals surface area contributed by atoms with E-state index in [1.54, 1.807) is 24.3 Å². The average molecular weight is 357 g/mol. The molecule has 120 valence electrons. The van der Waals surface area contributed by atoms with Gasteiger partial charge in [-0.15, -0.1) is 0 Å². The summed E-state index contributed by atoms with van der Waals surface area (Å²) in [5, 5.41) is 1.24. The van der Waals surface area contributed by atoms with Crippen molar-refractivity contribution in [2.45, 2.75) is 6.42 Å². The van der Waals surface area contributed by atoms with Crippen molar-refractivity contribution >= 4 is 29.5 Å². The summed E-state index contributed by atoms with van der Waals surface area (Å²) in [4.78, 5) is 10.9. The predicted octanol–water partition coefficient (Wildman–Crippen LogP) is 6.19. The Morgan fingerprint density at radius 2 is 1.71 bits per heavy atom. The van der Waals surface area contributed by atoms with Gasteiger partial charge in [0.2, 0.25) is 0 Å². The maximum Gasteiger partial charge on any atom is 0.150 e. The van der Waals surface area contributed by atoms with Gasteiger partial charge in [-0.05, 0) is 41.5 Å². The smallest absolute Gasteiger partial charge is 0.150 e. The van der Waals surface area contributed by atoms with Gasteiger partial charge in [-0.3, -0.25) is 4.79 Å². The van der Waals surface area contributed by atoms with Crippen molar-refractivity contribution in [2.24, 2.45) is 0 Å². The fourth-order valence-electron chi connectivity index (χ4n) is 2.40. The van der Waals surface area contributed by atoms with Gasteiger partial charge in [0.15, 0.2) is 0 Å². The monoisotopic (exact) mass is 356 g/mol. The first-order chi connectivity index (χ1) is 11.7. The predicted molar refractivity (Wildman–Crippen MR) is 97.6 cm³/mol. The first kappa shape index (κ1) is 16.6. The number of ether oxygens (including phenoxy) is 1. The van der Waals surface area contributed by atoms with Crippen LogP contribution in [0.25, 0.3) is 0 Å². The van der Waals surface area contributed by atoms with Gasteiger partial charge in [0.05, 0.1) is 0 Å². The standard InChI is InChI=1S/C20H14Cl2O2/c21-17-9-8-15(19(22)12-17)11-16-5-1-2-7-20(16)24-18-6-3-4-14(10-18)13-23/h1-10,12-13H,11H2. The fraction of sp³-hybridized carbons (Fsp3) is 0.0500. The molecule has 2 nitrogen and oxygen atoms in total. The number of hydrogen-bond donors (Lipinski definition) is 0. The maximum atomic E-state index is 10.9. The normalized spacial score (nSPS) is 10.4. The quantitative estimate of drug-likeness (QED) is 0.509. The van der Waals surface area contributed by atoms with E-state index in [0.717, 1.165) is 23.2 Å². The molecule has 0 atom stereocenters. The van der Waals surface area contributed by atoms with Crippen LogP contribution in [-0.4, -0.2) is 6.29 Å². The van der Waals surface area contributed by atoms with Gasteiger partial charge < -0.3 is 4.74 Å². The van der Waals surface area contributed by atoms with Crippen LogP contribution in [-0.2, 0) is 6.42 Å². The summed E-state index contributed by atoms with van der Waals surface area (Å²) in [5.41, 5.74) is 2.54. The van der Waals surface area contributed by atoms with Gasteiger partial charge in [-0.1, -0.05) is 59.6 Å². The lowest BCUT2D eigenvalue weighted by Gasteiger charge is -2.12. The van der Waals surface area contributed by atoms with E-state index in [1.807, 2.05) is 42.5 Å². The first-order valence-corrected chi connectivity index (χ1v) is 8.16. The highest BCUT2D eigenvalue weighted by Gasteiger charge is 2.09. The molecule has 0 saturated heterocycles. The van der Waals surface area contributed by atoms with Crippen LogP contribution in [0.15, 0.2) is 66.7 Å². The number of hydrogen-bond acceptors (Lipinski definition) is 2. The SMILES string of the molecule is O=Cc1cccc(Oc2ccccc2Cc2ccc(Cl)cc2Cl)c1. The molecule has 0 aliphatic rings. The van der Waals surface area contributed by atoms with Crippen molar-refractivity contribution in [2.75, 3.05) is 0 Å². The molecule has 3 rings (SSSR count). The molecule has 0 saturated carbocycles. The average Bonchev–Trinajstić information content (AvgIpc) is 2.59. The largest absolute Gasteiger partial charge is 0.457 e. The summed E-state index contributed by atoms with van der Waals surface area (Å²) in [6.45, 7) is 0. The Labute approximate surface area is 150 Å². The van der Waals surface area contributed by atoms with Gasteiger partial charge in [0, 0.05) is 22.0 Å². The van der Waals surface area contributed by atoms with Crippen LogP contribution in [0.4, 0.5) is 0 Å². The molecule has 0 fully saturated rings. The van der Waals surface area contributed by atoms with Gasteiger partial charge in [0.25, 0.3) is 0 Å². The lowest BCUT2D eigenvalue weighted by atomic mass is 10.0. The Bertz CT molecular complexity index is 875. The Morgan fingerprint density at radius 1 is 0.875 bits per heavy atom. The number of para-hydroxylation sites is 1. The Balaban J connectivity index is 1.88. The molecule has 3 aromatic rings. The van der Waals surface area contributed by atoms with Crippen LogP contribution in [0.1, 0.15) is 21.5 Å². The first-order valence-electron chi connectivity index (χ1n) is 7.40. The van der Waals surface area contributed by atoms with Gasteiger partial charge in [-0.2, -0.15) is 0 Å². The molecule has 24 heavy (non-hydrogen) atoms. The zero-order valence-electron chi connectivity index (χ0n) is 12.7. The van der Waals surface area contributed by atoms with E-state index in [1.165, 1.54) is 0 Å². The molecule has 0 aromatic heterocycles. The molecule has 0 N–H and O–H groups in total. The van der Waals surface area contributed by atoms with Crippen molar-refractivity contribution in [1.82, 2.24) is 0 Å². The number of carbonyl (C=O) groups excluding carboxylic acids is 1. The number of rotatable bonds is 5. The van der Waals surface area contributed by atoms with Crippen molar-refractivity contribution in [3.8, 4) is 11.5 Å². The van der Waals surface area contributed by atoms with Crippen LogP contribution in [0.5, 0.6) is 11.5 Å². The maximum absolute atomic E-state index is 10.9. The topological polar surface area (TPSA) is 26.3 Å². The second-order valence-corrected chi connectivity index (χ2v) is 6.16. The zero-order chi connectivity index (χ0) is 16.9. The minimum Gasteiger partial charge on any atom is -0.457 e. The summed E-state index contributed by atoms with van der Waals surface area (Å²) in [7, 11) is 0. The lowest BCUT2D eigenvalue weighted by molar-refractivity contribution is 0.112. The Morgan fingerprint density at radius 3 is 2.50 bits per heavy atom. The lowest BCUT2D eigenvalue weighted by Crippen LogP contribution is -1.95. The van der Waals surface area contributed by atoms with Crippen LogP contribution in [0, 0.1) is 0 Å². The molecule has 4 heteroatoms. The fourth-order valence-corrected chi connectivity index (χ4v) is 2.87. The summed E-state index contributed by atoms with van der Waals surface area (Å²) in [5.74, 6) is 1.35. The van der Waals surface area contributed by atoms with Gasteiger partial charge in [0.1, 0.15) is 17.8 Å². The molecule has 0 aliphatic heterocycles. The van der Waals surface area contributed by atoms with Crippen molar-refractivity contribution < 1.29 is 9.53 Å². The van der Waals surface area contributed by atoms with E-state index in [2.05, 4.69) is 0 Å². The van der Waals surface area contributed by atoms with E-state index >= 15 is 0 Å². The highest BCUT2D eigenvalue weighted by molar-refractivity contribution is 6.35. The number of halogens is 2. The molecular formula is C20H14Cl2O2. The summed E-state index contributed by atoms with van der Waals surface area (Å²) < 4.78 is 5.96. The molecule has 0 heterocycles. The van der Waals surface area contributed by atoms with Crippen LogP contribution < -0.4 is 4.74 Å². The minimum atomic E-state index is 0.575. The second-order valence-electron chi connectivity index (χ2n) is 5.31. The summed E-state index contributed by atoms with van der Waals surface area (Å²) in [6, 6.07) is 20.3. The van der Waals surface area contributed by atoms with E-state index in [4.69, 9.17) is 27.9 Å². The van der Waals surface area contributed by atoms with E-state index in [0.29, 0.717) is 27.8 Å². The number of aldehydes is 1. The third-order valence-corrected chi connectivity index (χ3v) is 4.18. The zero-order valence-corrected chi connectivity index (χ0v) is 14.2. The summed E-state index contributed by atoms with van der Waals surface area (Å²) >= 11 is 12.2. The van der Waals surface area contributed by atoms with Gasteiger partial charge in [-0.25, -0.2) is 0 Å². The van der Waals surface area contributed by atoms with Gasteiger partial charge >= 0.3 is 0 Å². The molecule has 0 amide bonds. The highest BCUT2D eigenvalue weighted by Crippen LogP contribution is 2.30. The number of benzene rings is 3. The molecular weight excluding hydrogens is 343 g/mol. The van der Waals surface area contributed by atoms with Crippen LogP contribution in [0.3, 0.4) is 0 Å². The van der Waals surface area contributed by atoms with Crippen LogP contribution >= 0.6 is 23.2 Å². The van der Waals surface area contributed by atoms with Crippen molar-refractivity contribution in [1.29, 1.82) is 0 Å².